The summed E-state index contributed by atoms with van der Waals surface area (Å²) in [6.07, 6.45) is 6.80. The lowest BCUT2D eigenvalue weighted by molar-refractivity contribution is -0.150. The van der Waals surface area contributed by atoms with Gasteiger partial charge in [-0.15, -0.1) is 0 Å². The number of esters is 1. The first-order chi connectivity index (χ1) is 17.6. The van der Waals surface area contributed by atoms with Gasteiger partial charge in [0.25, 0.3) is 11.1 Å². The number of aromatic nitrogens is 1. The number of nitrogens with one attached hydrogen (secondary N) is 1. The fourth-order valence-corrected chi connectivity index (χ4v) is 5.60. The number of fused-ring (bicyclic) bond motifs is 1. The fourth-order valence-electron chi connectivity index (χ4n) is 4.92. The van der Waals surface area contributed by atoms with Crippen LogP contribution in [0.1, 0.15) is 65.9 Å². The number of carbonyl (C=O) groups is 2. The van der Waals surface area contributed by atoms with Crippen LogP contribution in [-0.2, 0) is 16.0 Å². The number of hydrogen-bond acceptors (Lipinski definition) is 7. The third-order valence-corrected chi connectivity index (χ3v) is 7.61. The third-order valence-electron chi connectivity index (χ3n) is 6.73. The zero-order valence-electron chi connectivity index (χ0n) is 20.3. The van der Waals surface area contributed by atoms with Gasteiger partial charge in [-0.1, -0.05) is 54.5 Å². The van der Waals surface area contributed by atoms with Crippen molar-refractivity contribution in [3.8, 4) is 16.7 Å². The molecule has 1 N–H and O–H groups in total. The third kappa shape index (κ3) is 5.54. The molecule has 7 nitrogen and oxygen atoms in total. The van der Waals surface area contributed by atoms with Gasteiger partial charge < -0.3 is 19.5 Å². The molecule has 3 aromatic rings. The molecule has 0 bridgehead atoms. The highest BCUT2D eigenvalue weighted by Crippen LogP contribution is 2.38. The second kappa shape index (κ2) is 11.1. The summed E-state index contributed by atoms with van der Waals surface area (Å²) >= 11 is 1.19. The number of hydrogen-bond donors (Lipinski definition) is 1. The van der Waals surface area contributed by atoms with Gasteiger partial charge in [0.15, 0.2) is 0 Å². The van der Waals surface area contributed by atoms with Crippen molar-refractivity contribution in [2.45, 2.75) is 57.6 Å². The first kappa shape index (κ1) is 24.3. The molecule has 1 amide bonds. The van der Waals surface area contributed by atoms with Crippen molar-refractivity contribution in [2.75, 3.05) is 6.61 Å². The molecule has 0 saturated heterocycles. The van der Waals surface area contributed by atoms with Crippen LogP contribution in [0, 0.1) is 5.92 Å². The van der Waals surface area contributed by atoms with Crippen LogP contribution in [0.3, 0.4) is 0 Å². The molecule has 0 unspecified atom stereocenters. The summed E-state index contributed by atoms with van der Waals surface area (Å²) in [4.78, 5) is 29.9. The zero-order chi connectivity index (χ0) is 24.9. The standard InChI is InChI=1S/C28H30N2O5S/c1-2-33-27(32)21-10-6-7-11-22(21)30-26(31)25-17-29-28(36-25)34-20-13-15-24-19(16-20)12-14-23(35-24)18-8-4-3-5-9-18/h3-5,8-9,13,15-17,21-23H,2,6-7,10-12,14H2,1H3,(H,30,31)/t21-,22+,23+/m1/s1. The van der Waals surface area contributed by atoms with Gasteiger partial charge in [0.1, 0.15) is 22.5 Å². The minimum absolute atomic E-state index is 0.0538. The van der Waals surface area contributed by atoms with Crippen LogP contribution in [0.15, 0.2) is 54.7 Å². The Bertz CT molecular complexity index is 1210. The Morgan fingerprint density at radius 3 is 2.78 bits per heavy atom. The summed E-state index contributed by atoms with van der Waals surface area (Å²) in [5.41, 5.74) is 2.27. The molecular weight excluding hydrogens is 476 g/mol. The highest BCUT2D eigenvalue weighted by Gasteiger charge is 2.33. The zero-order valence-corrected chi connectivity index (χ0v) is 21.1. The lowest BCUT2D eigenvalue weighted by atomic mass is 9.84. The predicted molar refractivity (Wildman–Crippen MR) is 137 cm³/mol. The summed E-state index contributed by atoms with van der Waals surface area (Å²) < 4.78 is 17.4. The Kier molecular flexibility index (Phi) is 7.51. The van der Waals surface area contributed by atoms with Crippen LogP contribution < -0.4 is 14.8 Å². The summed E-state index contributed by atoms with van der Waals surface area (Å²) in [6, 6.07) is 15.8. The molecule has 188 valence electrons. The van der Waals surface area contributed by atoms with E-state index in [-0.39, 0.29) is 29.9 Å². The average Bonchev–Trinajstić information content (AvgIpc) is 3.38. The van der Waals surface area contributed by atoms with Crippen molar-refractivity contribution in [3.05, 3.63) is 70.7 Å². The lowest BCUT2D eigenvalue weighted by Crippen LogP contribution is -2.45. The van der Waals surface area contributed by atoms with Crippen LogP contribution in [0.2, 0.25) is 0 Å². The van der Waals surface area contributed by atoms with Crippen molar-refractivity contribution >= 4 is 23.2 Å². The van der Waals surface area contributed by atoms with Crippen molar-refractivity contribution in [2.24, 2.45) is 5.92 Å². The summed E-state index contributed by atoms with van der Waals surface area (Å²) in [6.45, 7) is 2.14. The number of amides is 1. The topological polar surface area (TPSA) is 86.8 Å². The molecule has 1 fully saturated rings. The lowest BCUT2D eigenvalue weighted by Gasteiger charge is -2.30. The van der Waals surface area contributed by atoms with Gasteiger partial charge in [-0.3, -0.25) is 9.59 Å². The predicted octanol–water partition coefficient (Wildman–Crippen LogP) is 5.85. The van der Waals surface area contributed by atoms with E-state index in [1.165, 1.54) is 23.1 Å². The number of nitrogens with zero attached hydrogens (tertiary/aromatic N) is 1. The quantitative estimate of drug-likeness (QED) is 0.404. The molecule has 3 atom stereocenters. The molecule has 1 saturated carbocycles. The Hall–Kier alpha value is -3.39. The Morgan fingerprint density at radius 1 is 1.11 bits per heavy atom. The number of ether oxygens (including phenoxy) is 3. The van der Waals surface area contributed by atoms with Gasteiger partial charge in [0.2, 0.25) is 0 Å². The molecule has 1 aromatic heterocycles. The summed E-state index contributed by atoms with van der Waals surface area (Å²) in [7, 11) is 0. The molecule has 1 aliphatic heterocycles. The number of rotatable bonds is 7. The minimum Gasteiger partial charge on any atom is -0.485 e. The average molecular weight is 507 g/mol. The normalized spacial score (nSPS) is 21.1. The number of thiazole rings is 1. The fraction of sp³-hybridized carbons (Fsp3) is 0.393. The molecular formula is C28H30N2O5S. The van der Waals surface area contributed by atoms with Crippen molar-refractivity contribution in [1.29, 1.82) is 0 Å². The molecule has 2 aliphatic rings. The van der Waals surface area contributed by atoms with E-state index in [1.807, 2.05) is 36.4 Å². The Morgan fingerprint density at radius 2 is 1.94 bits per heavy atom. The molecule has 2 aromatic carbocycles. The Balaban J connectivity index is 1.21. The van der Waals surface area contributed by atoms with E-state index in [2.05, 4.69) is 22.4 Å². The molecule has 36 heavy (non-hydrogen) atoms. The smallest absolute Gasteiger partial charge is 0.311 e. The highest BCUT2D eigenvalue weighted by molar-refractivity contribution is 7.15. The van der Waals surface area contributed by atoms with E-state index in [1.54, 1.807) is 6.92 Å². The highest BCUT2D eigenvalue weighted by atomic mass is 32.1. The molecule has 8 heteroatoms. The van der Waals surface area contributed by atoms with Crippen molar-refractivity contribution in [3.63, 3.8) is 0 Å². The van der Waals surface area contributed by atoms with Gasteiger partial charge in [0, 0.05) is 6.04 Å². The van der Waals surface area contributed by atoms with Crippen LogP contribution in [0.25, 0.3) is 0 Å². The number of aryl methyl sites for hydroxylation is 1. The molecule has 5 rings (SSSR count). The first-order valence-electron chi connectivity index (χ1n) is 12.6. The number of benzene rings is 2. The maximum absolute atomic E-state index is 12.9. The van der Waals surface area contributed by atoms with Gasteiger partial charge in [-0.25, -0.2) is 4.98 Å². The van der Waals surface area contributed by atoms with E-state index in [9.17, 15) is 9.59 Å². The van der Waals surface area contributed by atoms with E-state index in [0.29, 0.717) is 22.4 Å². The molecule has 0 radical (unpaired) electrons. The second-order valence-electron chi connectivity index (χ2n) is 9.14. The number of carbonyl (C=O) groups excluding carboxylic acids is 2. The van der Waals surface area contributed by atoms with E-state index in [4.69, 9.17) is 14.2 Å². The molecule has 0 spiro atoms. The maximum Gasteiger partial charge on any atom is 0.311 e. The van der Waals surface area contributed by atoms with Crippen molar-refractivity contribution in [1.82, 2.24) is 10.3 Å². The maximum atomic E-state index is 12.9. The largest absolute Gasteiger partial charge is 0.485 e. The van der Waals surface area contributed by atoms with Gasteiger partial charge in [-0.05, 0) is 61.9 Å². The SMILES string of the molecule is CCOC(=O)[C@@H]1CCCC[C@@H]1NC(=O)c1cnc(Oc2ccc3c(c2)CC[C@@H](c2ccccc2)O3)s1. The van der Waals surface area contributed by atoms with E-state index < -0.39 is 0 Å². The van der Waals surface area contributed by atoms with Gasteiger partial charge >= 0.3 is 5.97 Å². The Labute approximate surface area is 214 Å². The van der Waals surface area contributed by atoms with Crippen LogP contribution >= 0.6 is 11.3 Å². The monoisotopic (exact) mass is 506 g/mol. The molecule has 1 aliphatic carbocycles. The second-order valence-corrected chi connectivity index (χ2v) is 10.1. The van der Waals surface area contributed by atoms with Crippen LogP contribution in [0.5, 0.6) is 16.7 Å². The summed E-state index contributed by atoms with van der Waals surface area (Å²) in [5, 5.41) is 3.41. The van der Waals surface area contributed by atoms with E-state index >= 15 is 0 Å². The van der Waals surface area contributed by atoms with Crippen LogP contribution in [-0.4, -0.2) is 29.5 Å². The minimum atomic E-state index is -0.300. The van der Waals surface area contributed by atoms with Gasteiger partial charge in [-0.2, -0.15) is 0 Å². The van der Waals surface area contributed by atoms with Gasteiger partial charge in [0.05, 0.1) is 18.7 Å². The molecule has 2 heterocycles. The summed E-state index contributed by atoms with van der Waals surface area (Å²) in [5.74, 6) is 0.749. The van der Waals surface area contributed by atoms with Crippen LogP contribution in [0.4, 0.5) is 0 Å². The first-order valence-corrected chi connectivity index (χ1v) is 13.4. The van der Waals surface area contributed by atoms with E-state index in [0.717, 1.165) is 49.8 Å². The van der Waals surface area contributed by atoms with Crippen molar-refractivity contribution < 1.29 is 23.8 Å².